The smallest absolute Gasteiger partial charge is 0.243 e. The van der Waals surface area contributed by atoms with Crippen LogP contribution in [0.1, 0.15) is 33.6 Å². The van der Waals surface area contributed by atoms with E-state index in [1.807, 2.05) is 13.8 Å². The van der Waals surface area contributed by atoms with Gasteiger partial charge in [-0.2, -0.15) is 0 Å². The Morgan fingerprint density at radius 1 is 1.24 bits per heavy atom. The Morgan fingerprint density at radius 2 is 1.88 bits per heavy atom. The first-order valence-electron chi connectivity index (χ1n) is 8.43. The number of fused-ring (bicyclic) bond motifs is 1. The van der Waals surface area contributed by atoms with Crippen LogP contribution >= 0.6 is 0 Å². The first kappa shape index (κ1) is 19.4. The molecule has 0 saturated carbocycles. The van der Waals surface area contributed by atoms with E-state index in [1.165, 1.54) is 0 Å². The predicted molar refractivity (Wildman–Crippen MR) is 96.7 cm³/mol. The molecule has 2 rings (SSSR count). The molecule has 8 heteroatoms. The van der Waals surface area contributed by atoms with Crippen molar-refractivity contribution in [2.45, 2.75) is 45.7 Å². The Labute approximate surface area is 149 Å². The summed E-state index contributed by atoms with van der Waals surface area (Å²) in [5.74, 6) is 0.711. The number of anilines is 1. The molecule has 7 nitrogen and oxygen atoms in total. The molecule has 1 heterocycles. The maximum absolute atomic E-state index is 12.5. The van der Waals surface area contributed by atoms with Crippen LogP contribution in [0, 0.1) is 0 Å². The maximum Gasteiger partial charge on any atom is 0.243 e. The van der Waals surface area contributed by atoms with E-state index in [-0.39, 0.29) is 11.9 Å². The Kier molecular flexibility index (Phi) is 6.16. The van der Waals surface area contributed by atoms with Crippen molar-refractivity contribution in [1.82, 2.24) is 5.32 Å². The molecule has 0 saturated heterocycles. The van der Waals surface area contributed by atoms with Crippen LogP contribution in [0.3, 0.4) is 0 Å². The molecule has 1 amide bonds. The molecule has 0 spiro atoms. The number of amides is 1. The molecule has 0 aromatic heterocycles. The van der Waals surface area contributed by atoms with E-state index in [0.29, 0.717) is 30.4 Å². The number of carbonyl (C=O) groups excluding carboxylic acids is 1. The second kappa shape index (κ2) is 7.95. The van der Waals surface area contributed by atoms with Crippen LogP contribution in [-0.4, -0.2) is 45.9 Å². The minimum Gasteiger partial charge on any atom is -0.486 e. The van der Waals surface area contributed by atoms with Gasteiger partial charge in [-0.25, -0.2) is 8.42 Å². The van der Waals surface area contributed by atoms with Crippen LogP contribution < -0.4 is 19.1 Å². The molecule has 2 atom stereocenters. The minimum absolute atomic E-state index is 0.0124. The molecule has 1 aromatic rings. The molecule has 1 aliphatic rings. The van der Waals surface area contributed by atoms with Crippen LogP contribution in [0.15, 0.2) is 18.2 Å². The third-order valence-electron chi connectivity index (χ3n) is 3.98. The molecule has 0 radical (unpaired) electrons. The van der Waals surface area contributed by atoms with Gasteiger partial charge in [0.25, 0.3) is 0 Å². The second-order valence-corrected chi connectivity index (χ2v) is 8.12. The van der Waals surface area contributed by atoms with Gasteiger partial charge in [0.05, 0.1) is 11.9 Å². The Bertz CT molecular complexity index is 720. The highest BCUT2D eigenvalue weighted by atomic mass is 32.2. The molecule has 1 aromatic carbocycles. The lowest BCUT2D eigenvalue weighted by Gasteiger charge is -2.30. The summed E-state index contributed by atoms with van der Waals surface area (Å²) >= 11 is 0. The van der Waals surface area contributed by atoms with Crippen molar-refractivity contribution in [3.05, 3.63) is 18.2 Å². The number of ether oxygens (including phenoxy) is 2. The molecule has 0 fully saturated rings. The molecule has 1 aliphatic heterocycles. The van der Waals surface area contributed by atoms with E-state index in [9.17, 15) is 13.2 Å². The molecular weight excluding hydrogens is 344 g/mol. The van der Waals surface area contributed by atoms with Gasteiger partial charge in [-0.15, -0.1) is 0 Å². The Morgan fingerprint density at radius 3 is 2.48 bits per heavy atom. The van der Waals surface area contributed by atoms with Gasteiger partial charge in [0.2, 0.25) is 15.9 Å². The zero-order valence-electron chi connectivity index (χ0n) is 15.1. The zero-order valence-corrected chi connectivity index (χ0v) is 15.9. The summed E-state index contributed by atoms with van der Waals surface area (Å²) < 4.78 is 36.7. The lowest BCUT2D eigenvalue weighted by molar-refractivity contribution is -0.122. The van der Waals surface area contributed by atoms with Gasteiger partial charge in [-0.05, 0) is 32.4 Å². The van der Waals surface area contributed by atoms with Crippen LogP contribution in [0.25, 0.3) is 0 Å². The van der Waals surface area contributed by atoms with Crippen LogP contribution in [-0.2, 0) is 14.8 Å². The SMILES string of the molecule is CCC[C@@H](C)NC(=O)[C@H](C)N(c1ccc2c(c1)OCCO2)S(C)(=O)=O. The average Bonchev–Trinajstić information content (AvgIpc) is 2.53. The van der Waals surface area contributed by atoms with Crippen molar-refractivity contribution >= 4 is 21.6 Å². The number of carbonyl (C=O) groups is 1. The highest BCUT2D eigenvalue weighted by Crippen LogP contribution is 2.35. The summed E-state index contributed by atoms with van der Waals surface area (Å²) in [6.07, 6.45) is 2.86. The van der Waals surface area contributed by atoms with Crippen molar-refractivity contribution in [3.63, 3.8) is 0 Å². The standard InChI is InChI=1S/C17H26N2O5S/c1-5-6-12(2)18-17(20)13(3)19(25(4,21)22)14-7-8-15-16(11-14)24-10-9-23-15/h7-8,11-13H,5-6,9-10H2,1-4H3,(H,18,20)/t12-,13+/m1/s1. The molecule has 0 unspecified atom stereocenters. The van der Waals surface area contributed by atoms with Gasteiger partial charge in [-0.3, -0.25) is 9.10 Å². The normalized spacial score (nSPS) is 16.0. The zero-order chi connectivity index (χ0) is 18.6. The van der Waals surface area contributed by atoms with Crippen molar-refractivity contribution in [1.29, 1.82) is 0 Å². The fourth-order valence-corrected chi connectivity index (χ4v) is 4.01. The predicted octanol–water partition coefficient (Wildman–Crippen LogP) is 1.92. The Balaban J connectivity index is 2.29. The molecule has 140 valence electrons. The number of hydrogen-bond donors (Lipinski definition) is 1. The first-order valence-corrected chi connectivity index (χ1v) is 10.3. The van der Waals surface area contributed by atoms with E-state index in [2.05, 4.69) is 5.32 Å². The quantitative estimate of drug-likeness (QED) is 0.793. The minimum atomic E-state index is -3.66. The monoisotopic (exact) mass is 370 g/mol. The van der Waals surface area contributed by atoms with Crippen molar-refractivity contribution in [2.75, 3.05) is 23.8 Å². The number of hydrogen-bond acceptors (Lipinski definition) is 5. The fraction of sp³-hybridized carbons (Fsp3) is 0.588. The van der Waals surface area contributed by atoms with Crippen LogP contribution in [0.4, 0.5) is 5.69 Å². The summed E-state index contributed by atoms with van der Waals surface area (Å²) in [7, 11) is -3.66. The van der Waals surface area contributed by atoms with Crippen molar-refractivity contribution < 1.29 is 22.7 Å². The van der Waals surface area contributed by atoms with E-state index < -0.39 is 16.1 Å². The fourth-order valence-electron chi connectivity index (χ4n) is 2.85. The molecule has 1 N–H and O–H groups in total. The van der Waals surface area contributed by atoms with Crippen LogP contribution in [0.2, 0.25) is 0 Å². The summed E-state index contributed by atoms with van der Waals surface area (Å²) in [6, 6.07) is 3.98. The van der Waals surface area contributed by atoms with Gasteiger partial charge in [0.15, 0.2) is 11.5 Å². The van der Waals surface area contributed by atoms with Gasteiger partial charge >= 0.3 is 0 Å². The molecule has 0 aliphatic carbocycles. The number of rotatable bonds is 7. The summed E-state index contributed by atoms with van der Waals surface area (Å²) in [5.41, 5.74) is 0.373. The van der Waals surface area contributed by atoms with Gasteiger partial charge in [0, 0.05) is 12.1 Å². The van der Waals surface area contributed by atoms with Crippen molar-refractivity contribution in [2.24, 2.45) is 0 Å². The van der Waals surface area contributed by atoms with E-state index in [1.54, 1.807) is 25.1 Å². The molecule has 0 bridgehead atoms. The lowest BCUT2D eigenvalue weighted by Crippen LogP contribution is -2.49. The topological polar surface area (TPSA) is 84.9 Å². The number of sulfonamides is 1. The van der Waals surface area contributed by atoms with Gasteiger partial charge < -0.3 is 14.8 Å². The third kappa shape index (κ3) is 4.78. The molecular formula is C17H26N2O5S. The summed E-state index contributed by atoms with van der Waals surface area (Å²) in [4.78, 5) is 12.5. The van der Waals surface area contributed by atoms with Gasteiger partial charge in [-0.1, -0.05) is 13.3 Å². The largest absolute Gasteiger partial charge is 0.486 e. The molecule has 25 heavy (non-hydrogen) atoms. The average molecular weight is 370 g/mol. The van der Waals surface area contributed by atoms with Crippen molar-refractivity contribution in [3.8, 4) is 11.5 Å². The Hall–Kier alpha value is -1.96. The number of nitrogens with zero attached hydrogens (tertiary/aromatic N) is 1. The maximum atomic E-state index is 12.5. The second-order valence-electron chi connectivity index (χ2n) is 6.26. The first-order chi connectivity index (χ1) is 11.7. The summed E-state index contributed by atoms with van der Waals surface area (Å²) in [5, 5.41) is 2.86. The van der Waals surface area contributed by atoms with Gasteiger partial charge in [0.1, 0.15) is 19.3 Å². The highest BCUT2D eigenvalue weighted by molar-refractivity contribution is 7.92. The number of nitrogens with one attached hydrogen (secondary N) is 1. The summed E-state index contributed by atoms with van der Waals surface area (Å²) in [6.45, 7) is 6.37. The van der Waals surface area contributed by atoms with Crippen LogP contribution in [0.5, 0.6) is 11.5 Å². The van der Waals surface area contributed by atoms with E-state index in [0.717, 1.165) is 23.4 Å². The number of benzene rings is 1. The van der Waals surface area contributed by atoms with E-state index >= 15 is 0 Å². The highest BCUT2D eigenvalue weighted by Gasteiger charge is 2.30. The third-order valence-corrected chi connectivity index (χ3v) is 5.22. The van der Waals surface area contributed by atoms with E-state index in [4.69, 9.17) is 9.47 Å². The lowest BCUT2D eigenvalue weighted by atomic mass is 10.2.